The zero-order valence-corrected chi connectivity index (χ0v) is 15.5. The molecule has 138 valence electrons. The van der Waals surface area contributed by atoms with Crippen LogP contribution in [0.3, 0.4) is 0 Å². The summed E-state index contributed by atoms with van der Waals surface area (Å²) in [5.74, 6) is -0.0394. The van der Waals surface area contributed by atoms with Gasteiger partial charge in [0.25, 0.3) is 5.91 Å². The highest BCUT2D eigenvalue weighted by atomic mass is 35.5. The van der Waals surface area contributed by atoms with Crippen molar-refractivity contribution >= 4 is 34.9 Å². The Morgan fingerprint density at radius 1 is 1.15 bits per heavy atom. The zero-order valence-electron chi connectivity index (χ0n) is 14.7. The van der Waals surface area contributed by atoms with Crippen LogP contribution in [0.1, 0.15) is 35.2 Å². The lowest BCUT2D eigenvalue weighted by molar-refractivity contribution is -0.151. The van der Waals surface area contributed by atoms with Gasteiger partial charge in [-0.1, -0.05) is 30.2 Å². The van der Waals surface area contributed by atoms with Crippen LogP contribution in [0.25, 0.3) is 5.65 Å². The molecule has 1 amide bonds. The highest BCUT2D eigenvalue weighted by Gasteiger charge is 2.46. The summed E-state index contributed by atoms with van der Waals surface area (Å²) < 4.78 is 6.72. The molecule has 2 aromatic heterocycles. The Hall–Kier alpha value is -2.86. The van der Waals surface area contributed by atoms with E-state index in [1.54, 1.807) is 41.1 Å². The number of halogens is 1. The number of fused-ring (bicyclic) bond motifs is 1. The minimum absolute atomic E-state index is 0.214. The number of amides is 1. The number of benzene rings is 1. The number of pyridine rings is 1. The average Bonchev–Trinajstić information content (AvgIpc) is 3.02. The van der Waals surface area contributed by atoms with Crippen molar-refractivity contribution in [2.75, 3.05) is 12.4 Å². The van der Waals surface area contributed by atoms with Crippen LogP contribution in [0.2, 0.25) is 5.02 Å². The monoisotopic (exact) mass is 383 g/mol. The molecule has 0 bridgehead atoms. The SMILES string of the molecule is COC(=O)C1(c2ccc(C(=O)Nc3cn4cc(Cl)ccc4n3)cc2)CCC1. The Morgan fingerprint density at radius 2 is 1.89 bits per heavy atom. The standard InChI is InChI=1S/C20H18ClN3O3/c1-27-19(26)20(9-2-10-20)14-5-3-13(4-6-14)18(25)23-16-12-24-11-15(21)7-8-17(24)22-16/h3-8,11-12H,2,9-10H2,1H3,(H,23,25). The molecule has 1 aliphatic carbocycles. The van der Waals surface area contributed by atoms with Crippen LogP contribution >= 0.6 is 11.6 Å². The summed E-state index contributed by atoms with van der Waals surface area (Å²) in [4.78, 5) is 29.0. The molecule has 4 rings (SSSR count). The number of carbonyl (C=O) groups excluding carboxylic acids is 2. The minimum atomic E-state index is -0.565. The third kappa shape index (κ3) is 3.06. The molecule has 1 N–H and O–H groups in total. The number of anilines is 1. The molecule has 1 saturated carbocycles. The number of nitrogens with one attached hydrogen (secondary N) is 1. The van der Waals surface area contributed by atoms with Gasteiger partial charge in [0.05, 0.1) is 23.7 Å². The van der Waals surface area contributed by atoms with E-state index in [-0.39, 0.29) is 11.9 Å². The van der Waals surface area contributed by atoms with E-state index in [4.69, 9.17) is 16.3 Å². The van der Waals surface area contributed by atoms with Crippen molar-refractivity contribution in [2.45, 2.75) is 24.7 Å². The Labute approximate surface area is 161 Å². The molecule has 0 radical (unpaired) electrons. The summed E-state index contributed by atoms with van der Waals surface area (Å²) in [6.45, 7) is 0. The maximum absolute atomic E-state index is 12.5. The first kappa shape index (κ1) is 17.5. The van der Waals surface area contributed by atoms with Crippen LogP contribution in [0.5, 0.6) is 0 Å². The van der Waals surface area contributed by atoms with Gasteiger partial charge in [0, 0.05) is 11.8 Å². The average molecular weight is 384 g/mol. The van der Waals surface area contributed by atoms with Gasteiger partial charge in [-0.2, -0.15) is 0 Å². The van der Waals surface area contributed by atoms with Crippen molar-refractivity contribution < 1.29 is 14.3 Å². The number of ether oxygens (including phenoxy) is 1. The number of esters is 1. The number of methoxy groups -OCH3 is 1. The molecule has 1 aliphatic rings. The van der Waals surface area contributed by atoms with E-state index < -0.39 is 5.41 Å². The molecular formula is C20H18ClN3O3. The second kappa shape index (κ2) is 6.70. The number of hydrogen-bond donors (Lipinski definition) is 1. The fourth-order valence-corrected chi connectivity index (χ4v) is 3.66. The molecule has 0 aliphatic heterocycles. The fourth-order valence-electron chi connectivity index (χ4n) is 3.49. The molecule has 6 nitrogen and oxygen atoms in total. The minimum Gasteiger partial charge on any atom is -0.468 e. The van der Waals surface area contributed by atoms with Crippen molar-refractivity contribution in [1.82, 2.24) is 9.38 Å². The summed E-state index contributed by atoms with van der Waals surface area (Å²) in [6.07, 6.45) is 5.96. The lowest BCUT2D eigenvalue weighted by Crippen LogP contribution is -2.43. The maximum Gasteiger partial charge on any atom is 0.316 e. The van der Waals surface area contributed by atoms with Crippen molar-refractivity contribution in [2.24, 2.45) is 0 Å². The van der Waals surface area contributed by atoms with Gasteiger partial charge in [-0.25, -0.2) is 4.98 Å². The summed E-state index contributed by atoms with van der Waals surface area (Å²) in [7, 11) is 1.41. The van der Waals surface area contributed by atoms with Crippen LogP contribution in [0.15, 0.2) is 48.8 Å². The first-order valence-electron chi connectivity index (χ1n) is 8.66. The van der Waals surface area contributed by atoms with Gasteiger partial charge in [0.1, 0.15) is 5.65 Å². The number of aromatic nitrogens is 2. The molecule has 27 heavy (non-hydrogen) atoms. The Bertz CT molecular complexity index is 1020. The summed E-state index contributed by atoms with van der Waals surface area (Å²) in [6, 6.07) is 10.6. The first-order chi connectivity index (χ1) is 13.0. The highest BCUT2D eigenvalue weighted by molar-refractivity contribution is 6.30. The van der Waals surface area contributed by atoms with E-state index in [0.29, 0.717) is 22.1 Å². The Kier molecular flexibility index (Phi) is 4.36. The van der Waals surface area contributed by atoms with Crippen molar-refractivity contribution in [3.8, 4) is 0 Å². The third-order valence-electron chi connectivity index (χ3n) is 5.14. The normalized spacial score (nSPS) is 15.2. The number of nitrogens with zero attached hydrogens (tertiary/aromatic N) is 2. The van der Waals surface area contributed by atoms with Gasteiger partial charge >= 0.3 is 5.97 Å². The van der Waals surface area contributed by atoms with E-state index >= 15 is 0 Å². The van der Waals surface area contributed by atoms with Gasteiger partial charge in [-0.15, -0.1) is 0 Å². The predicted octanol–water partition coefficient (Wildman–Crippen LogP) is 3.83. The van der Waals surface area contributed by atoms with E-state index in [1.807, 2.05) is 12.1 Å². The number of imidazole rings is 1. The molecule has 0 unspecified atom stereocenters. The maximum atomic E-state index is 12.5. The van der Waals surface area contributed by atoms with Crippen LogP contribution < -0.4 is 5.32 Å². The van der Waals surface area contributed by atoms with Gasteiger partial charge < -0.3 is 14.5 Å². The molecule has 1 fully saturated rings. The highest BCUT2D eigenvalue weighted by Crippen LogP contribution is 2.44. The summed E-state index contributed by atoms with van der Waals surface area (Å²) in [5, 5.41) is 3.37. The zero-order chi connectivity index (χ0) is 19.0. The van der Waals surface area contributed by atoms with Crippen LogP contribution in [-0.4, -0.2) is 28.4 Å². The topological polar surface area (TPSA) is 72.7 Å². The van der Waals surface area contributed by atoms with Crippen LogP contribution in [-0.2, 0) is 14.9 Å². The van der Waals surface area contributed by atoms with Crippen molar-refractivity contribution in [3.63, 3.8) is 0 Å². The van der Waals surface area contributed by atoms with Gasteiger partial charge in [-0.05, 0) is 42.7 Å². The Balaban J connectivity index is 1.53. The van der Waals surface area contributed by atoms with Crippen LogP contribution in [0.4, 0.5) is 5.82 Å². The van der Waals surface area contributed by atoms with Gasteiger partial charge in [-0.3, -0.25) is 9.59 Å². The number of carbonyl (C=O) groups is 2. The quantitative estimate of drug-likeness (QED) is 0.695. The molecule has 0 atom stereocenters. The molecule has 2 heterocycles. The third-order valence-corrected chi connectivity index (χ3v) is 5.36. The smallest absolute Gasteiger partial charge is 0.316 e. The molecule has 7 heteroatoms. The second-order valence-electron chi connectivity index (χ2n) is 6.70. The number of rotatable bonds is 4. The molecule has 0 spiro atoms. The second-order valence-corrected chi connectivity index (χ2v) is 7.13. The molecular weight excluding hydrogens is 366 g/mol. The Morgan fingerprint density at radius 3 is 2.52 bits per heavy atom. The van der Waals surface area contributed by atoms with Crippen molar-refractivity contribution in [1.29, 1.82) is 0 Å². The van der Waals surface area contributed by atoms with E-state index in [0.717, 1.165) is 24.8 Å². The first-order valence-corrected chi connectivity index (χ1v) is 9.04. The van der Waals surface area contributed by atoms with E-state index in [2.05, 4.69) is 10.3 Å². The number of hydrogen-bond acceptors (Lipinski definition) is 4. The largest absolute Gasteiger partial charge is 0.468 e. The van der Waals surface area contributed by atoms with Crippen molar-refractivity contribution in [3.05, 3.63) is 64.9 Å². The van der Waals surface area contributed by atoms with E-state index in [9.17, 15) is 9.59 Å². The van der Waals surface area contributed by atoms with Gasteiger partial charge in [0.15, 0.2) is 5.82 Å². The van der Waals surface area contributed by atoms with E-state index in [1.165, 1.54) is 7.11 Å². The molecule has 1 aromatic carbocycles. The summed E-state index contributed by atoms with van der Waals surface area (Å²) >= 11 is 5.96. The van der Waals surface area contributed by atoms with Gasteiger partial charge in [0.2, 0.25) is 0 Å². The lowest BCUT2D eigenvalue weighted by Gasteiger charge is -2.39. The molecule has 3 aromatic rings. The molecule has 0 saturated heterocycles. The lowest BCUT2D eigenvalue weighted by atomic mass is 9.64. The summed E-state index contributed by atoms with van der Waals surface area (Å²) in [5.41, 5.74) is 1.51. The predicted molar refractivity (Wildman–Crippen MR) is 102 cm³/mol. The van der Waals surface area contributed by atoms with Crippen LogP contribution in [0, 0.1) is 0 Å². The fraction of sp³-hybridized carbons (Fsp3) is 0.250.